The fourth-order valence-corrected chi connectivity index (χ4v) is 2.32. The zero-order valence-electron chi connectivity index (χ0n) is 15.5. The van der Waals surface area contributed by atoms with Gasteiger partial charge < -0.3 is 19.3 Å². The molecule has 2 amide bonds. The summed E-state index contributed by atoms with van der Waals surface area (Å²) in [7, 11) is 6.42. The van der Waals surface area contributed by atoms with Gasteiger partial charge in [-0.3, -0.25) is 0 Å². The Morgan fingerprint density at radius 3 is 1.23 bits per heavy atom. The van der Waals surface area contributed by atoms with E-state index in [-0.39, 0.29) is 0 Å². The minimum atomic E-state index is -0.780. The van der Waals surface area contributed by atoms with Crippen molar-refractivity contribution in [3.63, 3.8) is 0 Å². The van der Waals surface area contributed by atoms with Crippen LogP contribution in [-0.2, 0) is 9.47 Å². The summed E-state index contributed by atoms with van der Waals surface area (Å²) in [6.45, 7) is 0. The van der Waals surface area contributed by atoms with Crippen LogP contribution >= 0.6 is 0 Å². The van der Waals surface area contributed by atoms with Crippen molar-refractivity contribution in [3.05, 3.63) is 71.8 Å². The van der Waals surface area contributed by atoms with Gasteiger partial charge in [-0.25, -0.2) is 9.59 Å². The van der Waals surface area contributed by atoms with E-state index in [2.05, 4.69) is 0 Å². The summed E-state index contributed by atoms with van der Waals surface area (Å²) < 4.78 is 11.4. The van der Waals surface area contributed by atoms with Gasteiger partial charge in [-0.15, -0.1) is 0 Å². The molecule has 6 nitrogen and oxygen atoms in total. The van der Waals surface area contributed by atoms with Gasteiger partial charge in [0.05, 0.1) is 0 Å². The molecule has 0 fully saturated rings. The van der Waals surface area contributed by atoms with Crippen LogP contribution < -0.4 is 0 Å². The molecule has 0 saturated carbocycles. The maximum atomic E-state index is 12.2. The zero-order chi connectivity index (χ0) is 19.1. The lowest BCUT2D eigenvalue weighted by molar-refractivity contribution is -0.0273. The first kappa shape index (κ1) is 19.3. The van der Waals surface area contributed by atoms with Crippen molar-refractivity contribution in [2.45, 2.75) is 12.2 Å². The Morgan fingerprint density at radius 2 is 0.962 bits per heavy atom. The zero-order valence-corrected chi connectivity index (χ0v) is 15.5. The second-order valence-electron chi connectivity index (χ2n) is 6.22. The SMILES string of the molecule is CN(C)C(=O)O[C@@H](c1ccccc1)[C@@H](OC(=O)N(C)C)c1ccccc1. The van der Waals surface area contributed by atoms with Gasteiger partial charge in [-0.1, -0.05) is 60.7 Å². The van der Waals surface area contributed by atoms with Crippen LogP contribution in [0.4, 0.5) is 9.59 Å². The Bertz CT molecular complexity index is 654. The highest BCUT2D eigenvalue weighted by Gasteiger charge is 2.32. The number of benzene rings is 2. The lowest BCUT2D eigenvalue weighted by Gasteiger charge is -2.29. The molecular weight excluding hydrogens is 332 g/mol. The van der Waals surface area contributed by atoms with Gasteiger partial charge in [-0.05, 0) is 11.1 Å². The molecule has 2 rings (SSSR count). The highest BCUT2D eigenvalue weighted by molar-refractivity contribution is 5.68. The van der Waals surface area contributed by atoms with E-state index < -0.39 is 24.4 Å². The third-order valence-corrected chi connectivity index (χ3v) is 3.72. The van der Waals surface area contributed by atoms with E-state index >= 15 is 0 Å². The Kier molecular flexibility index (Phi) is 6.60. The number of carbonyl (C=O) groups excluding carboxylic acids is 2. The Hall–Kier alpha value is -3.02. The predicted octanol–water partition coefficient (Wildman–Crippen LogP) is 3.87. The van der Waals surface area contributed by atoms with Crippen LogP contribution in [0.15, 0.2) is 60.7 Å². The van der Waals surface area contributed by atoms with Gasteiger partial charge in [0.15, 0.2) is 12.2 Å². The monoisotopic (exact) mass is 356 g/mol. The molecule has 0 unspecified atom stereocenters. The van der Waals surface area contributed by atoms with Crippen LogP contribution in [0.25, 0.3) is 0 Å². The predicted molar refractivity (Wildman–Crippen MR) is 98.7 cm³/mol. The summed E-state index contributed by atoms with van der Waals surface area (Å²) in [5.74, 6) is 0. The average Bonchev–Trinajstić information content (AvgIpc) is 2.65. The van der Waals surface area contributed by atoms with Crippen molar-refractivity contribution in [3.8, 4) is 0 Å². The lowest BCUT2D eigenvalue weighted by Crippen LogP contribution is -2.31. The molecule has 2 aromatic carbocycles. The van der Waals surface area contributed by atoms with Crippen molar-refractivity contribution in [2.75, 3.05) is 28.2 Å². The number of nitrogens with zero attached hydrogens (tertiary/aromatic N) is 2. The molecular formula is C20H24N2O4. The number of amides is 2. The van der Waals surface area contributed by atoms with E-state index in [1.807, 2.05) is 60.7 Å². The molecule has 0 radical (unpaired) electrons. The van der Waals surface area contributed by atoms with Crippen molar-refractivity contribution >= 4 is 12.2 Å². The molecule has 0 bridgehead atoms. The van der Waals surface area contributed by atoms with Gasteiger partial charge in [0, 0.05) is 28.2 Å². The number of rotatable bonds is 5. The summed E-state index contributed by atoms with van der Waals surface area (Å²) in [5, 5.41) is 0. The Morgan fingerprint density at radius 1 is 0.654 bits per heavy atom. The van der Waals surface area contributed by atoms with Crippen molar-refractivity contribution in [2.24, 2.45) is 0 Å². The van der Waals surface area contributed by atoms with Gasteiger partial charge in [0.2, 0.25) is 0 Å². The molecule has 26 heavy (non-hydrogen) atoms. The quantitative estimate of drug-likeness (QED) is 0.816. The molecule has 0 aliphatic rings. The van der Waals surface area contributed by atoms with E-state index in [0.717, 1.165) is 11.1 Å². The van der Waals surface area contributed by atoms with E-state index in [4.69, 9.17) is 9.47 Å². The minimum absolute atomic E-state index is 0.513. The largest absolute Gasteiger partial charge is 0.437 e. The standard InChI is InChI=1S/C20H24N2O4/c1-21(2)19(23)25-17(15-11-7-5-8-12-15)18(26-20(24)22(3)4)16-13-9-6-10-14-16/h5-14,17-18H,1-4H3/t17-,18-/m0/s1. The average molecular weight is 356 g/mol. The van der Waals surface area contributed by atoms with Crippen LogP contribution in [-0.4, -0.2) is 50.2 Å². The van der Waals surface area contributed by atoms with Gasteiger partial charge in [0.1, 0.15) is 0 Å². The van der Waals surface area contributed by atoms with Crippen LogP contribution in [0, 0.1) is 0 Å². The Balaban J connectivity index is 2.46. The van der Waals surface area contributed by atoms with Gasteiger partial charge >= 0.3 is 12.2 Å². The second-order valence-corrected chi connectivity index (χ2v) is 6.22. The summed E-state index contributed by atoms with van der Waals surface area (Å²) in [5.41, 5.74) is 1.48. The molecule has 0 aliphatic carbocycles. The number of hydrogen-bond acceptors (Lipinski definition) is 4. The minimum Gasteiger partial charge on any atom is -0.437 e. The molecule has 0 heterocycles. The van der Waals surface area contributed by atoms with Crippen LogP contribution in [0.1, 0.15) is 23.3 Å². The van der Waals surface area contributed by atoms with Crippen molar-refractivity contribution < 1.29 is 19.1 Å². The topological polar surface area (TPSA) is 59.1 Å². The van der Waals surface area contributed by atoms with E-state index in [9.17, 15) is 9.59 Å². The third-order valence-electron chi connectivity index (χ3n) is 3.72. The van der Waals surface area contributed by atoms with Crippen LogP contribution in [0.2, 0.25) is 0 Å². The molecule has 6 heteroatoms. The summed E-state index contributed by atoms with van der Waals surface area (Å²) in [6.07, 6.45) is -2.59. The molecule has 2 atom stereocenters. The maximum Gasteiger partial charge on any atom is 0.409 e. The Labute approximate surface area is 153 Å². The summed E-state index contributed by atoms with van der Waals surface area (Å²) in [6, 6.07) is 18.5. The first-order valence-electron chi connectivity index (χ1n) is 8.26. The van der Waals surface area contributed by atoms with Crippen LogP contribution in [0.5, 0.6) is 0 Å². The molecule has 0 N–H and O–H groups in total. The van der Waals surface area contributed by atoms with Gasteiger partial charge in [0.25, 0.3) is 0 Å². The molecule has 0 spiro atoms. The van der Waals surface area contributed by atoms with E-state index in [1.54, 1.807) is 28.2 Å². The van der Waals surface area contributed by atoms with E-state index in [0.29, 0.717) is 0 Å². The lowest BCUT2D eigenvalue weighted by atomic mass is 9.98. The molecule has 0 saturated heterocycles. The summed E-state index contributed by atoms with van der Waals surface area (Å²) in [4.78, 5) is 27.1. The third kappa shape index (κ3) is 4.99. The fourth-order valence-electron chi connectivity index (χ4n) is 2.32. The first-order valence-corrected chi connectivity index (χ1v) is 8.26. The van der Waals surface area contributed by atoms with Gasteiger partial charge in [-0.2, -0.15) is 0 Å². The van der Waals surface area contributed by atoms with Crippen LogP contribution in [0.3, 0.4) is 0 Å². The highest BCUT2D eigenvalue weighted by atomic mass is 16.6. The maximum absolute atomic E-state index is 12.2. The molecule has 0 aliphatic heterocycles. The number of ether oxygens (including phenoxy) is 2. The highest BCUT2D eigenvalue weighted by Crippen LogP contribution is 2.36. The number of carbonyl (C=O) groups is 2. The first-order chi connectivity index (χ1) is 12.4. The molecule has 0 aromatic heterocycles. The number of hydrogen-bond donors (Lipinski definition) is 0. The van der Waals surface area contributed by atoms with Crippen molar-refractivity contribution in [1.82, 2.24) is 9.80 Å². The smallest absolute Gasteiger partial charge is 0.409 e. The molecule has 138 valence electrons. The molecule has 2 aromatic rings. The van der Waals surface area contributed by atoms with E-state index in [1.165, 1.54) is 9.80 Å². The fraction of sp³-hybridized carbons (Fsp3) is 0.300. The summed E-state index contributed by atoms with van der Waals surface area (Å²) >= 11 is 0. The second kappa shape index (κ2) is 8.89. The normalized spacial score (nSPS) is 12.6. The van der Waals surface area contributed by atoms with Crippen molar-refractivity contribution in [1.29, 1.82) is 0 Å².